The molecular weight excluding hydrogens is 305 g/mol. The van der Waals surface area contributed by atoms with Gasteiger partial charge >= 0.3 is 11.9 Å². The van der Waals surface area contributed by atoms with E-state index in [-0.39, 0.29) is 24.8 Å². The van der Waals surface area contributed by atoms with E-state index < -0.39 is 18.9 Å². The van der Waals surface area contributed by atoms with Crippen LogP contribution < -0.4 is 5.69 Å². The molecule has 1 unspecified atom stereocenters. The summed E-state index contributed by atoms with van der Waals surface area (Å²) in [4.78, 5) is 15.6. The highest BCUT2D eigenvalue weighted by atomic mass is 19.4. The van der Waals surface area contributed by atoms with E-state index in [9.17, 15) is 23.1 Å². The maximum atomic E-state index is 11.9. The van der Waals surface area contributed by atoms with Crippen LogP contribution in [0.2, 0.25) is 0 Å². The SMILES string of the molecule is O=c1[nH]nc(C2CCN(CC(O)COCC(F)(F)F)CC2)[nH]1. The second kappa shape index (κ2) is 7.25. The van der Waals surface area contributed by atoms with Gasteiger partial charge in [-0.15, -0.1) is 0 Å². The number of alkyl halides is 3. The molecule has 1 fully saturated rings. The van der Waals surface area contributed by atoms with Crippen molar-refractivity contribution in [2.45, 2.75) is 31.0 Å². The minimum absolute atomic E-state index is 0.147. The first-order valence-electron chi connectivity index (χ1n) is 7.03. The Morgan fingerprint density at radius 2 is 2.09 bits per heavy atom. The highest BCUT2D eigenvalue weighted by Crippen LogP contribution is 2.24. The van der Waals surface area contributed by atoms with Gasteiger partial charge in [0, 0.05) is 12.5 Å². The predicted octanol–water partition coefficient (Wildman–Crippen LogP) is 0.217. The van der Waals surface area contributed by atoms with Gasteiger partial charge < -0.3 is 14.7 Å². The van der Waals surface area contributed by atoms with Crippen molar-refractivity contribution in [3.05, 3.63) is 16.3 Å². The van der Waals surface area contributed by atoms with Gasteiger partial charge in [0.1, 0.15) is 12.4 Å². The number of rotatable bonds is 6. The number of H-pyrrole nitrogens is 2. The van der Waals surface area contributed by atoms with E-state index in [0.717, 1.165) is 12.8 Å². The third-order valence-corrected chi connectivity index (χ3v) is 3.54. The van der Waals surface area contributed by atoms with Crippen LogP contribution in [0, 0.1) is 0 Å². The van der Waals surface area contributed by atoms with Crippen LogP contribution in [0.25, 0.3) is 0 Å². The van der Waals surface area contributed by atoms with Crippen molar-refractivity contribution in [1.82, 2.24) is 20.1 Å². The second-order valence-electron chi connectivity index (χ2n) is 5.42. The van der Waals surface area contributed by atoms with Crippen molar-refractivity contribution in [2.24, 2.45) is 0 Å². The number of β-amino-alcohol motifs (C(OH)–C–C–N with tert-alkyl or cyclic N) is 1. The number of halogens is 3. The number of piperidine rings is 1. The standard InChI is InChI=1S/C12H19F3N4O3/c13-12(14,15)7-22-6-9(20)5-19-3-1-8(2-4-19)10-16-11(21)18-17-10/h8-9,20H,1-7H2,(H2,16,17,18,21). The normalized spacial score (nSPS) is 19.5. The van der Waals surface area contributed by atoms with E-state index >= 15 is 0 Å². The zero-order chi connectivity index (χ0) is 16.2. The average Bonchev–Trinajstić information content (AvgIpc) is 2.85. The Balaban J connectivity index is 1.67. The fourth-order valence-corrected chi connectivity index (χ4v) is 2.53. The molecule has 22 heavy (non-hydrogen) atoms. The zero-order valence-corrected chi connectivity index (χ0v) is 11.9. The van der Waals surface area contributed by atoms with Crippen LogP contribution >= 0.6 is 0 Å². The molecule has 2 rings (SSSR count). The number of hydrogen-bond acceptors (Lipinski definition) is 5. The van der Waals surface area contributed by atoms with Crippen molar-refractivity contribution in [2.75, 3.05) is 32.8 Å². The lowest BCUT2D eigenvalue weighted by Crippen LogP contribution is -2.40. The molecule has 0 aliphatic carbocycles. The van der Waals surface area contributed by atoms with Gasteiger partial charge in [0.2, 0.25) is 0 Å². The van der Waals surface area contributed by atoms with Crippen LogP contribution in [0.5, 0.6) is 0 Å². The van der Waals surface area contributed by atoms with Crippen molar-refractivity contribution in [3.8, 4) is 0 Å². The smallest absolute Gasteiger partial charge is 0.389 e. The van der Waals surface area contributed by atoms with Crippen LogP contribution in [-0.2, 0) is 4.74 Å². The van der Waals surface area contributed by atoms with Gasteiger partial charge in [-0.2, -0.15) is 18.3 Å². The average molecular weight is 324 g/mol. The van der Waals surface area contributed by atoms with Crippen LogP contribution in [0.15, 0.2) is 4.79 Å². The fraction of sp³-hybridized carbons (Fsp3) is 0.833. The third kappa shape index (κ3) is 5.43. The second-order valence-corrected chi connectivity index (χ2v) is 5.42. The van der Waals surface area contributed by atoms with Gasteiger partial charge in [-0.05, 0) is 25.9 Å². The molecule has 7 nitrogen and oxygen atoms in total. The molecule has 0 saturated carbocycles. The topological polar surface area (TPSA) is 94.2 Å². The molecule has 0 aromatic carbocycles. The lowest BCUT2D eigenvalue weighted by molar-refractivity contribution is -0.179. The minimum atomic E-state index is -4.38. The van der Waals surface area contributed by atoms with E-state index in [2.05, 4.69) is 19.9 Å². The summed E-state index contributed by atoms with van der Waals surface area (Å²) in [6, 6.07) is 0. The summed E-state index contributed by atoms with van der Waals surface area (Å²) in [6.07, 6.45) is -3.81. The number of aliphatic hydroxyl groups is 1. The molecule has 0 radical (unpaired) electrons. The molecule has 3 N–H and O–H groups in total. The number of ether oxygens (including phenoxy) is 1. The van der Waals surface area contributed by atoms with Crippen molar-refractivity contribution in [3.63, 3.8) is 0 Å². The number of aromatic amines is 2. The van der Waals surface area contributed by atoms with Gasteiger partial charge in [0.15, 0.2) is 0 Å². The minimum Gasteiger partial charge on any atom is -0.389 e. The molecule has 10 heteroatoms. The molecule has 126 valence electrons. The summed E-state index contributed by atoms with van der Waals surface area (Å²) in [5.74, 6) is 0.771. The summed E-state index contributed by atoms with van der Waals surface area (Å²) in [6.45, 7) is -0.0712. The van der Waals surface area contributed by atoms with Gasteiger partial charge in [-0.3, -0.25) is 4.98 Å². The van der Waals surface area contributed by atoms with Gasteiger partial charge in [0.25, 0.3) is 0 Å². The number of nitrogens with one attached hydrogen (secondary N) is 2. The van der Waals surface area contributed by atoms with E-state index in [1.54, 1.807) is 0 Å². The number of likely N-dealkylation sites (tertiary alicyclic amines) is 1. The first-order chi connectivity index (χ1) is 10.3. The summed E-state index contributed by atoms with van der Waals surface area (Å²) in [7, 11) is 0. The Kier molecular flexibility index (Phi) is 5.59. The largest absolute Gasteiger partial charge is 0.411 e. The Hall–Kier alpha value is -1.39. The summed E-state index contributed by atoms with van der Waals surface area (Å²) in [5, 5.41) is 15.9. The van der Waals surface area contributed by atoms with Gasteiger partial charge in [-0.25, -0.2) is 9.89 Å². The maximum absolute atomic E-state index is 11.9. The molecule has 2 heterocycles. The predicted molar refractivity (Wildman–Crippen MR) is 70.5 cm³/mol. The van der Waals surface area contributed by atoms with E-state index in [1.165, 1.54) is 0 Å². The molecule has 1 saturated heterocycles. The van der Waals surface area contributed by atoms with E-state index in [0.29, 0.717) is 18.9 Å². The number of aromatic nitrogens is 3. The molecular formula is C12H19F3N4O3. The highest BCUT2D eigenvalue weighted by molar-refractivity contribution is 4.96. The van der Waals surface area contributed by atoms with Crippen molar-refractivity contribution >= 4 is 0 Å². The van der Waals surface area contributed by atoms with Crippen molar-refractivity contribution in [1.29, 1.82) is 0 Å². The maximum Gasteiger partial charge on any atom is 0.411 e. The molecule has 1 aromatic heterocycles. The van der Waals surface area contributed by atoms with Gasteiger partial charge in [-0.1, -0.05) is 0 Å². The van der Waals surface area contributed by atoms with Gasteiger partial charge in [0.05, 0.1) is 12.7 Å². The molecule has 0 bridgehead atoms. The highest BCUT2D eigenvalue weighted by Gasteiger charge is 2.28. The number of aliphatic hydroxyl groups excluding tert-OH is 1. The fourth-order valence-electron chi connectivity index (χ4n) is 2.53. The third-order valence-electron chi connectivity index (χ3n) is 3.54. The first-order valence-corrected chi connectivity index (χ1v) is 7.03. The summed E-state index contributed by atoms with van der Waals surface area (Å²) < 4.78 is 40.2. The summed E-state index contributed by atoms with van der Waals surface area (Å²) in [5.41, 5.74) is -0.338. The van der Waals surface area contributed by atoms with Crippen LogP contribution in [-0.4, -0.2) is 70.3 Å². The lowest BCUT2D eigenvalue weighted by atomic mass is 9.96. The van der Waals surface area contributed by atoms with E-state index in [4.69, 9.17) is 0 Å². The number of hydrogen-bond donors (Lipinski definition) is 3. The molecule has 0 spiro atoms. The molecule has 1 aliphatic heterocycles. The molecule has 0 amide bonds. The quantitative estimate of drug-likeness (QED) is 0.696. The van der Waals surface area contributed by atoms with Crippen LogP contribution in [0.1, 0.15) is 24.6 Å². The molecule has 1 aromatic rings. The monoisotopic (exact) mass is 324 g/mol. The number of nitrogens with zero attached hydrogens (tertiary/aromatic N) is 2. The Morgan fingerprint density at radius 3 is 2.64 bits per heavy atom. The van der Waals surface area contributed by atoms with E-state index in [1.807, 2.05) is 4.90 Å². The Labute approximate surface area is 124 Å². The summed E-state index contributed by atoms with van der Waals surface area (Å²) >= 11 is 0. The van der Waals surface area contributed by atoms with Crippen LogP contribution in [0.3, 0.4) is 0 Å². The zero-order valence-electron chi connectivity index (χ0n) is 11.9. The molecule has 1 atom stereocenters. The van der Waals surface area contributed by atoms with Crippen LogP contribution in [0.4, 0.5) is 13.2 Å². The Morgan fingerprint density at radius 1 is 1.41 bits per heavy atom. The first kappa shape index (κ1) is 17.0. The lowest BCUT2D eigenvalue weighted by Gasteiger charge is -2.32. The van der Waals surface area contributed by atoms with Crippen molar-refractivity contribution < 1.29 is 23.0 Å². The Bertz CT molecular complexity index is 508. The molecule has 1 aliphatic rings.